The number of ether oxygens (including phenoxy) is 3. The molecule has 2 N–H and O–H groups in total. The number of nitrogens with one attached hydrogen (secondary N) is 2. The summed E-state index contributed by atoms with van der Waals surface area (Å²) in [6.45, 7) is -0.435. The molecule has 41 heavy (non-hydrogen) atoms. The Morgan fingerprint density at radius 1 is 1.05 bits per heavy atom. The van der Waals surface area contributed by atoms with Crippen molar-refractivity contribution in [3.05, 3.63) is 86.9 Å². The Hall–Kier alpha value is -5.43. The van der Waals surface area contributed by atoms with Crippen LogP contribution in [0.1, 0.15) is 5.56 Å². The Morgan fingerprint density at radius 2 is 1.78 bits per heavy atom. The van der Waals surface area contributed by atoms with Crippen molar-refractivity contribution in [1.82, 2.24) is 5.32 Å². The molecule has 1 aliphatic heterocycles. The molecule has 0 atom stereocenters. The van der Waals surface area contributed by atoms with E-state index in [0.29, 0.717) is 16.3 Å². The van der Waals surface area contributed by atoms with Crippen molar-refractivity contribution in [2.24, 2.45) is 0 Å². The molecule has 1 aliphatic rings. The number of nitro groups is 1. The van der Waals surface area contributed by atoms with E-state index in [2.05, 4.69) is 5.32 Å². The van der Waals surface area contributed by atoms with Crippen LogP contribution in [0.5, 0.6) is 17.2 Å². The lowest BCUT2D eigenvalue weighted by atomic mass is 10.1. The normalized spacial score (nSPS) is 14.0. The first-order valence-corrected chi connectivity index (χ1v) is 12.1. The number of hydrogen-bond donors (Lipinski definition) is 2. The minimum absolute atomic E-state index is 0.00317. The van der Waals surface area contributed by atoms with Gasteiger partial charge in [0.25, 0.3) is 23.4 Å². The van der Waals surface area contributed by atoms with Gasteiger partial charge in [-0.05, 0) is 42.0 Å². The zero-order valence-electron chi connectivity index (χ0n) is 21.5. The van der Waals surface area contributed by atoms with Crippen molar-refractivity contribution < 1.29 is 38.3 Å². The molecule has 0 spiro atoms. The van der Waals surface area contributed by atoms with E-state index in [9.17, 15) is 29.3 Å². The minimum atomic E-state index is -1.07. The summed E-state index contributed by atoms with van der Waals surface area (Å²) in [7, 11) is 2.79. The lowest BCUT2D eigenvalue weighted by Gasteiger charge is -2.26. The zero-order valence-corrected chi connectivity index (χ0v) is 22.3. The summed E-state index contributed by atoms with van der Waals surface area (Å²) >= 11 is 6.39. The molecule has 1 saturated heterocycles. The summed E-state index contributed by atoms with van der Waals surface area (Å²) in [4.78, 5) is 61.7. The molecule has 14 heteroatoms. The third-order valence-electron chi connectivity index (χ3n) is 5.69. The van der Waals surface area contributed by atoms with Gasteiger partial charge < -0.3 is 19.5 Å². The predicted molar refractivity (Wildman–Crippen MR) is 147 cm³/mol. The molecule has 0 radical (unpaired) electrons. The first kappa shape index (κ1) is 28.6. The van der Waals surface area contributed by atoms with Crippen molar-refractivity contribution >= 4 is 58.5 Å². The number of amides is 5. The minimum Gasteiger partial charge on any atom is -0.495 e. The van der Waals surface area contributed by atoms with Crippen LogP contribution in [0.3, 0.4) is 0 Å². The molecule has 4 rings (SSSR count). The van der Waals surface area contributed by atoms with E-state index in [4.69, 9.17) is 25.8 Å². The predicted octanol–water partition coefficient (Wildman–Crippen LogP) is 3.95. The highest BCUT2D eigenvalue weighted by atomic mass is 35.5. The number of nitro benzene ring substituents is 1. The number of imide groups is 2. The highest BCUT2D eigenvalue weighted by Gasteiger charge is 2.37. The third-order valence-corrected chi connectivity index (χ3v) is 5.97. The molecule has 0 aromatic heterocycles. The van der Waals surface area contributed by atoms with E-state index in [1.165, 1.54) is 50.6 Å². The molecule has 0 saturated carbocycles. The van der Waals surface area contributed by atoms with Gasteiger partial charge in [-0.15, -0.1) is 0 Å². The van der Waals surface area contributed by atoms with Gasteiger partial charge >= 0.3 is 6.03 Å². The second kappa shape index (κ2) is 12.2. The molecule has 0 aliphatic carbocycles. The summed E-state index contributed by atoms with van der Waals surface area (Å²) < 4.78 is 16.1. The fourth-order valence-corrected chi connectivity index (χ4v) is 4.11. The van der Waals surface area contributed by atoms with Crippen LogP contribution in [0.25, 0.3) is 6.08 Å². The maximum Gasteiger partial charge on any atom is 0.335 e. The van der Waals surface area contributed by atoms with Crippen molar-refractivity contribution in [2.75, 3.05) is 31.0 Å². The fourth-order valence-electron chi connectivity index (χ4n) is 3.84. The maximum atomic E-state index is 13.2. The summed E-state index contributed by atoms with van der Waals surface area (Å²) in [5.41, 5.74) is -0.236. The van der Waals surface area contributed by atoms with E-state index < -0.39 is 40.9 Å². The summed E-state index contributed by atoms with van der Waals surface area (Å²) in [6, 6.07) is 13.3. The van der Waals surface area contributed by atoms with Gasteiger partial charge in [0, 0.05) is 12.1 Å². The van der Waals surface area contributed by atoms with Crippen molar-refractivity contribution in [3.63, 3.8) is 0 Å². The number of para-hydroxylation sites is 2. The van der Waals surface area contributed by atoms with Crippen molar-refractivity contribution in [3.8, 4) is 17.2 Å². The number of carbonyl (C=O) groups is 4. The van der Waals surface area contributed by atoms with Gasteiger partial charge in [-0.25, -0.2) is 9.69 Å². The van der Waals surface area contributed by atoms with Gasteiger partial charge in [0.05, 0.1) is 35.5 Å². The van der Waals surface area contributed by atoms with Gasteiger partial charge in [-0.2, -0.15) is 0 Å². The molecule has 1 heterocycles. The topological polar surface area (TPSA) is 166 Å². The van der Waals surface area contributed by atoms with Gasteiger partial charge in [0.15, 0.2) is 18.1 Å². The number of carbonyl (C=O) groups excluding carboxylic acids is 4. The smallest absolute Gasteiger partial charge is 0.335 e. The molecule has 210 valence electrons. The van der Waals surface area contributed by atoms with Crippen molar-refractivity contribution in [1.29, 1.82) is 0 Å². The second-order valence-corrected chi connectivity index (χ2v) is 8.71. The number of benzene rings is 3. The molecular formula is C27H21ClN4O9. The van der Waals surface area contributed by atoms with Crippen LogP contribution in [0, 0.1) is 10.1 Å². The van der Waals surface area contributed by atoms with Crippen LogP contribution >= 0.6 is 11.6 Å². The molecule has 1 fully saturated rings. The van der Waals surface area contributed by atoms with E-state index >= 15 is 0 Å². The van der Waals surface area contributed by atoms with Crippen molar-refractivity contribution in [2.45, 2.75) is 0 Å². The lowest BCUT2D eigenvalue weighted by molar-refractivity contribution is -0.384. The van der Waals surface area contributed by atoms with Crippen LogP contribution in [0.2, 0.25) is 5.02 Å². The van der Waals surface area contributed by atoms with Crippen LogP contribution in [0.15, 0.2) is 66.2 Å². The van der Waals surface area contributed by atoms with E-state index in [0.717, 1.165) is 6.07 Å². The highest BCUT2D eigenvalue weighted by molar-refractivity contribution is 6.39. The number of methoxy groups -OCH3 is 2. The lowest BCUT2D eigenvalue weighted by Crippen LogP contribution is -2.54. The average molecular weight is 581 g/mol. The van der Waals surface area contributed by atoms with E-state index in [1.54, 1.807) is 24.3 Å². The second-order valence-electron chi connectivity index (χ2n) is 8.31. The number of nitrogens with zero attached hydrogens (tertiary/aromatic N) is 2. The van der Waals surface area contributed by atoms with Crippen LogP contribution < -0.4 is 29.7 Å². The van der Waals surface area contributed by atoms with Crippen LogP contribution in [-0.2, 0) is 14.4 Å². The van der Waals surface area contributed by atoms with E-state index in [1.807, 2.05) is 5.32 Å². The highest BCUT2D eigenvalue weighted by Crippen LogP contribution is 2.37. The summed E-state index contributed by atoms with van der Waals surface area (Å²) in [5, 5.41) is 15.8. The molecule has 5 amide bonds. The van der Waals surface area contributed by atoms with Gasteiger partial charge in [0.1, 0.15) is 11.3 Å². The molecule has 3 aromatic rings. The Morgan fingerprint density at radius 3 is 2.49 bits per heavy atom. The number of halogens is 1. The maximum absolute atomic E-state index is 13.2. The summed E-state index contributed by atoms with van der Waals surface area (Å²) in [5.74, 6) is -1.92. The Bertz CT molecular complexity index is 1610. The fraction of sp³-hybridized carbons (Fsp3) is 0.111. The number of non-ortho nitro benzene ring substituents is 1. The number of anilines is 2. The monoisotopic (exact) mass is 580 g/mol. The molecular weight excluding hydrogens is 560 g/mol. The number of barbiturate groups is 1. The van der Waals surface area contributed by atoms with Gasteiger partial charge in [-0.3, -0.25) is 29.8 Å². The third kappa shape index (κ3) is 6.25. The SMILES string of the molecule is COc1ccccc1NC(=O)COc1c(Cl)cc(/C=C2/C(=O)NC(=O)N(c3cccc([N+](=O)[O-])c3)C2=O)cc1OC. The molecule has 3 aromatic carbocycles. The molecule has 13 nitrogen and oxygen atoms in total. The number of urea groups is 1. The van der Waals surface area contributed by atoms with Crippen LogP contribution in [0.4, 0.5) is 21.9 Å². The van der Waals surface area contributed by atoms with E-state index in [-0.39, 0.29) is 33.5 Å². The van der Waals surface area contributed by atoms with Gasteiger partial charge in [0.2, 0.25) is 0 Å². The Balaban J connectivity index is 1.57. The number of hydrogen-bond acceptors (Lipinski definition) is 9. The standard InChI is InChI=1S/C27H21ClN4O9/c1-39-21-9-4-3-8-20(21)29-23(33)14-41-24-19(28)11-15(12-22(24)40-2)10-18-25(34)30-27(36)31(26(18)35)16-6-5-7-17(13-16)32(37)38/h3-13H,14H2,1-2H3,(H,29,33)(H,30,34,36)/b18-10-. The Kier molecular flexibility index (Phi) is 8.48. The van der Waals surface area contributed by atoms with Crippen LogP contribution in [-0.4, -0.2) is 49.5 Å². The summed E-state index contributed by atoms with van der Waals surface area (Å²) in [6.07, 6.45) is 1.17. The quantitative estimate of drug-likeness (QED) is 0.165. The average Bonchev–Trinajstić information content (AvgIpc) is 2.94. The zero-order chi connectivity index (χ0) is 29.7. The molecule has 0 bridgehead atoms. The Labute approximate surface area is 237 Å². The number of rotatable bonds is 9. The first-order chi connectivity index (χ1) is 19.6. The first-order valence-electron chi connectivity index (χ1n) is 11.7. The largest absolute Gasteiger partial charge is 0.495 e. The molecule has 0 unspecified atom stereocenters. The van der Waals surface area contributed by atoms with Gasteiger partial charge in [-0.1, -0.05) is 29.8 Å².